The van der Waals surface area contributed by atoms with E-state index >= 15 is 0 Å². The highest BCUT2D eigenvalue weighted by atomic mass is 32.1. The Morgan fingerprint density at radius 1 is 0.372 bits per heavy atom. The number of fused-ring (bicyclic) bond motifs is 10. The van der Waals surface area contributed by atoms with Gasteiger partial charge in [0.25, 0.3) is 0 Å². The Labute approximate surface area is 250 Å². The zero-order valence-electron chi connectivity index (χ0n) is 22.9. The topological polar surface area (TPSA) is 26.3 Å². The van der Waals surface area contributed by atoms with E-state index < -0.39 is 0 Å². The van der Waals surface area contributed by atoms with Crippen LogP contribution in [0.1, 0.15) is 0 Å². The number of hydrogen-bond donors (Lipinski definition) is 0. The average Bonchev–Trinajstić information content (AvgIpc) is 3.76. The molecule has 0 aliphatic rings. The molecule has 0 saturated heterocycles. The summed E-state index contributed by atoms with van der Waals surface area (Å²) in [5.41, 5.74) is 6.29. The third-order valence-corrected chi connectivity index (χ3v) is 10.0. The van der Waals surface area contributed by atoms with E-state index in [1.165, 1.54) is 52.8 Å². The highest BCUT2D eigenvalue weighted by molar-refractivity contribution is 7.25. The van der Waals surface area contributed by atoms with Gasteiger partial charge in [-0.3, -0.25) is 0 Å². The van der Waals surface area contributed by atoms with Gasteiger partial charge in [-0.15, -0.1) is 11.3 Å². The molecule has 7 aromatic carbocycles. The van der Waals surface area contributed by atoms with Crippen molar-refractivity contribution < 1.29 is 8.83 Å². The molecule has 0 atom stereocenters. The molecular formula is C40H22O2S. The highest BCUT2D eigenvalue weighted by Gasteiger charge is 2.22. The molecule has 2 nitrogen and oxygen atoms in total. The van der Waals surface area contributed by atoms with Crippen LogP contribution in [-0.4, -0.2) is 0 Å². The Bertz CT molecular complexity index is 2680. The predicted octanol–water partition coefficient (Wildman–Crippen LogP) is 12.3. The fourth-order valence-corrected chi connectivity index (χ4v) is 8.26. The summed E-state index contributed by atoms with van der Waals surface area (Å²) >= 11 is 1.86. The predicted molar refractivity (Wildman–Crippen MR) is 182 cm³/mol. The maximum Gasteiger partial charge on any atom is 0.136 e. The van der Waals surface area contributed by atoms with Crippen LogP contribution in [0.5, 0.6) is 0 Å². The lowest BCUT2D eigenvalue weighted by Gasteiger charge is -2.17. The molecule has 200 valence electrons. The fraction of sp³-hybridized carbons (Fsp3) is 0. The first-order valence-corrected chi connectivity index (χ1v) is 15.3. The van der Waals surface area contributed by atoms with Crippen LogP contribution in [0.15, 0.2) is 142 Å². The number of hydrogen-bond acceptors (Lipinski definition) is 3. The molecule has 43 heavy (non-hydrogen) atoms. The van der Waals surface area contributed by atoms with Crippen molar-refractivity contribution in [3.8, 4) is 22.5 Å². The van der Waals surface area contributed by atoms with E-state index in [1.54, 1.807) is 0 Å². The van der Waals surface area contributed by atoms with Gasteiger partial charge in [0, 0.05) is 41.9 Å². The molecule has 10 rings (SSSR count). The molecule has 0 unspecified atom stereocenters. The van der Waals surface area contributed by atoms with Crippen LogP contribution in [0.2, 0.25) is 0 Å². The fourth-order valence-electron chi connectivity index (χ4n) is 7.13. The largest absolute Gasteiger partial charge is 0.456 e. The number of benzene rings is 7. The Balaban J connectivity index is 1.34. The first-order valence-electron chi connectivity index (χ1n) is 14.5. The Hall–Kier alpha value is -5.38. The van der Waals surface area contributed by atoms with Gasteiger partial charge < -0.3 is 8.83 Å². The van der Waals surface area contributed by atoms with Crippen LogP contribution in [0, 0.1) is 0 Å². The molecule has 0 N–H and O–H groups in total. The lowest BCUT2D eigenvalue weighted by Crippen LogP contribution is -1.90. The monoisotopic (exact) mass is 566 g/mol. The zero-order chi connectivity index (χ0) is 28.1. The van der Waals surface area contributed by atoms with Crippen LogP contribution < -0.4 is 0 Å². The van der Waals surface area contributed by atoms with Crippen molar-refractivity contribution in [1.82, 2.24) is 0 Å². The molecule has 0 aliphatic carbocycles. The zero-order valence-corrected chi connectivity index (χ0v) is 23.7. The minimum Gasteiger partial charge on any atom is -0.456 e. The van der Waals surface area contributed by atoms with Crippen molar-refractivity contribution in [2.24, 2.45) is 0 Å². The Morgan fingerprint density at radius 3 is 1.72 bits per heavy atom. The standard InChI is InChI=1S/C40H22O2S/c1-3-12-25-23(10-1)37(29-16-9-19-36-40(29)28-15-6-8-18-35(28)43-36)24-11-2-4-13-26(24)38(25)34-22-30-32(42-34)20-21-33-39(30)27-14-5-7-17-31(27)41-33/h1-22H. The van der Waals surface area contributed by atoms with E-state index in [4.69, 9.17) is 8.83 Å². The Kier molecular flexibility index (Phi) is 4.63. The normalized spacial score (nSPS) is 12.2. The lowest BCUT2D eigenvalue weighted by atomic mass is 9.86. The molecule has 0 fully saturated rings. The van der Waals surface area contributed by atoms with Crippen molar-refractivity contribution in [3.05, 3.63) is 133 Å². The van der Waals surface area contributed by atoms with Gasteiger partial charge in [0.1, 0.15) is 22.5 Å². The summed E-state index contributed by atoms with van der Waals surface area (Å²) in [6, 6.07) is 47.6. The SMILES string of the molecule is c1ccc2c(c1)oc1ccc3oc(-c4c5ccccc5c(-c5cccc6sc7ccccc7c56)c5ccccc45)cc3c12. The first kappa shape index (κ1) is 23.2. The summed E-state index contributed by atoms with van der Waals surface area (Å²) in [6.07, 6.45) is 0. The summed E-state index contributed by atoms with van der Waals surface area (Å²) in [5.74, 6) is 0.867. The number of thiophene rings is 1. The molecule has 0 spiro atoms. The molecule has 0 bridgehead atoms. The third-order valence-electron chi connectivity index (χ3n) is 8.89. The van der Waals surface area contributed by atoms with Crippen molar-refractivity contribution in [3.63, 3.8) is 0 Å². The van der Waals surface area contributed by atoms with Crippen LogP contribution in [0.3, 0.4) is 0 Å². The smallest absolute Gasteiger partial charge is 0.136 e. The molecule has 0 radical (unpaired) electrons. The van der Waals surface area contributed by atoms with Gasteiger partial charge in [0.15, 0.2) is 0 Å². The third kappa shape index (κ3) is 3.17. The van der Waals surface area contributed by atoms with Crippen LogP contribution in [0.25, 0.3) is 97.1 Å². The van der Waals surface area contributed by atoms with E-state index in [2.05, 4.69) is 109 Å². The quantitative estimate of drug-likeness (QED) is 0.195. The van der Waals surface area contributed by atoms with Gasteiger partial charge in [-0.2, -0.15) is 0 Å². The van der Waals surface area contributed by atoms with Gasteiger partial charge >= 0.3 is 0 Å². The van der Waals surface area contributed by atoms with E-state index in [9.17, 15) is 0 Å². The molecule has 10 aromatic rings. The maximum absolute atomic E-state index is 6.72. The second-order valence-electron chi connectivity index (χ2n) is 11.2. The van der Waals surface area contributed by atoms with E-state index in [1.807, 2.05) is 35.6 Å². The minimum atomic E-state index is 0.862. The molecule has 3 aromatic heterocycles. The molecule has 3 heteroatoms. The van der Waals surface area contributed by atoms with Crippen LogP contribution >= 0.6 is 11.3 Å². The lowest BCUT2D eigenvalue weighted by molar-refractivity contribution is 0.632. The van der Waals surface area contributed by atoms with Gasteiger partial charge in [-0.25, -0.2) is 0 Å². The second kappa shape index (κ2) is 8.57. The van der Waals surface area contributed by atoms with Crippen LogP contribution in [0.4, 0.5) is 0 Å². The van der Waals surface area contributed by atoms with Crippen molar-refractivity contribution in [2.45, 2.75) is 0 Å². The van der Waals surface area contributed by atoms with Gasteiger partial charge in [-0.1, -0.05) is 97.1 Å². The number of para-hydroxylation sites is 1. The summed E-state index contributed by atoms with van der Waals surface area (Å²) in [6.45, 7) is 0. The molecule has 0 aliphatic heterocycles. The van der Waals surface area contributed by atoms with Gasteiger partial charge in [0.2, 0.25) is 0 Å². The highest BCUT2D eigenvalue weighted by Crippen LogP contribution is 2.49. The second-order valence-corrected chi connectivity index (χ2v) is 12.3. The van der Waals surface area contributed by atoms with Gasteiger partial charge in [0.05, 0.1) is 0 Å². The molecule has 0 saturated carbocycles. The Morgan fingerprint density at radius 2 is 0.953 bits per heavy atom. The summed E-state index contributed by atoms with van der Waals surface area (Å²) < 4.78 is 15.5. The summed E-state index contributed by atoms with van der Waals surface area (Å²) in [4.78, 5) is 0. The number of furan rings is 2. The minimum absolute atomic E-state index is 0.862. The van der Waals surface area contributed by atoms with Crippen molar-refractivity contribution in [1.29, 1.82) is 0 Å². The van der Waals surface area contributed by atoms with E-state index in [0.717, 1.165) is 44.2 Å². The van der Waals surface area contributed by atoms with Gasteiger partial charge in [-0.05, 0) is 69.1 Å². The first-order chi connectivity index (χ1) is 21.3. The van der Waals surface area contributed by atoms with Crippen LogP contribution in [-0.2, 0) is 0 Å². The van der Waals surface area contributed by atoms with E-state index in [-0.39, 0.29) is 0 Å². The molecular weight excluding hydrogens is 545 g/mol. The summed E-state index contributed by atoms with van der Waals surface area (Å²) in [7, 11) is 0. The van der Waals surface area contributed by atoms with Crippen molar-refractivity contribution >= 4 is 86.0 Å². The molecule has 0 amide bonds. The summed E-state index contributed by atoms with van der Waals surface area (Å²) in [5, 5.41) is 10.7. The van der Waals surface area contributed by atoms with E-state index in [0.29, 0.717) is 0 Å². The average molecular weight is 567 g/mol. The molecule has 3 heterocycles. The number of rotatable bonds is 2. The maximum atomic E-state index is 6.72. The van der Waals surface area contributed by atoms with Crippen molar-refractivity contribution in [2.75, 3.05) is 0 Å².